The number of hydrogen-bond acceptors (Lipinski definition) is 4. The Hall–Kier alpha value is -1.27. The summed E-state index contributed by atoms with van der Waals surface area (Å²) < 4.78 is 82.5. The van der Waals surface area contributed by atoms with Crippen molar-refractivity contribution in [3.63, 3.8) is 0 Å². The standard InChI is InChI=1S/C11H8F6INO3/c1-2-21-7(20)4-5-3-6(10(12,13)14)9(19-8(5)18)22-11(15,16)17/h3H,2,4H2,1H3. The minimum absolute atomic E-state index is 0.0181. The van der Waals surface area contributed by atoms with Gasteiger partial charge >= 0.3 is 18.5 Å². The van der Waals surface area contributed by atoms with E-state index in [0.717, 1.165) is 0 Å². The Morgan fingerprint density at radius 3 is 2.32 bits per heavy atom. The van der Waals surface area contributed by atoms with Crippen molar-refractivity contribution in [1.29, 1.82) is 0 Å². The predicted octanol–water partition coefficient (Wildman–Crippen LogP) is 3.71. The molecule has 1 aromatic rings. The molecular formula is C11H8F6INO3. The van der Waals surface area contributed by atoms with Gasteiger partial charge in [-0.15, -0.1) is 13.2 Å². The van der Waals surface area contributed by atoms with Crippen molar-refractivity contribution in [1.82, 2.24) is 4.98 Å². The summed E-state index contributed by atoms with van der Waals surface area (Å²) in [5.41, 5.74) is -1.93. The van der Waals surface area contributed by atoms with Crippen LogP contribution in [-0.2, 0) is 22.1 Å². The summed E-state index contributed by atoms with van der Waals surface area (Å²) in [6, 6.07) is 0.396. The Kier molecular flexibility index (Phi) is 5.87. The van der Waals surface area contributed by atoms with Crippen LogP contribution in [0.1, 0.15) is 18.1 Å². The zero-order valence-corrected chi connectivity index (χ0v) is 13.0. The number of carbonyl (C=O) groups excluding carboxylic acids is 1. The van der Waals surface area contributed by atoms with Gasteiger partial charge in [-0.1, -0.05) is 0 Å². The summed E-state index contributed by atoms with van der Waals surface area (Å²) in [4.78, 5) is 14.4. The van der Waals surface area contributed by atoms with Gasteiger partial charge in [-0.3, -0.25) is 4.79 Å². The molecule has 4 nitrogen and oxygen atoms in total. The maximum Gasteiger partial charge on any atom is 0.574 e. The van der Waals surface area contributed by atoms with Crippen LogP contribution in [0.4, 0.5) is 26.3 Å². The van der Waals surface area contributed by atoms with Crippen LogP contribution in [0.2, 0.25) is 0 Å². The third-order valence-electron chi connectivity index (χ3n) is 2.17. The summed E-state index contributed by atoms with van der Waals surface area (Å²) in [6.45, 7) is 1.52. The highest BCUT2D eigenvalue weighted by molar-refractivity contribution is 14.1. The van der Waals surface area contributed by atoms with Crippen molar-refractivity contribution in [2.24, 2.45) is 0 Å². The lowest BCUT2D eigenvalue weighted by atomic mass is 10.1. The van der Waals surface area contributed by atoms with Crippen LogP contribution < -0.4 is 4.74 Å². The third kappa shape index (κ3) is 5.50. The molecule has 0 aliphatic carbocycles. The van der Waals surface area contributed by atoms with Gasteiger partial charge in [-0.2, -0.15) is 13.2 Å². The minimum Gasteiger partial charge on any atom is -0.466 e. The number of alkyl halides is 6. The largest absolute Gasteiger partial charge is 0.574 e. The van der Waals surface area contributed by atoms with Crippen molar-refractivity contribution in [2.75, 3.05) is 6.61 Å². The molecule has 1 aromatic heterocycles. The zero-order chi connectivity index (χ0) is 17.1. The predicted molar refractivity (Wildman–Crippen MR) is 69.0 cm³/mol. The number of nitrogens with zero attached hydrogens (tertiary/aromatic N) is 1. The quantitative estimate of drug-likeness (QED) is 0.308. The van der Waals surface area contributed by atoms with Crippen LogP contribution in [0.5, 0.6) is 5.88 Å². The second kappa shape index (κ2) is 6.87. The fourth-order valence-electron chi connectivity index (χ4n) is 1.40. The Balaban J connectivity index is 3.27. The lowest BCUT2D eigenvalue weighted by molar-refractivity contribution is -0.278. The van der Waals surface area contributed by atoms with Gasteiger partial charge in [-0.25, -0.2) is 4.98 Å². The average molecular weight is 443 g/mol. The third-order valence-corrected chi connectivity index (χ3v) is 3.11. The van der Waals surface area contributed by atoms with Crippen LogP contribution >= 0.6 is 22.6 Å². The van der Waals surface area contributed by atoms with Gasteiger partial charge in [0, 0.05) is 0 Å². The topological polar surface area (TPSA) is 48.4 Å². The maximum absolute atomic E-state index is 12.8. The van der Waals surface area contributed by atoms with E-state index in [-0.39, 0.29) is 15.9 Å². The molecule has 22 heavy (non-hydrogen) atoms. The molecule has 0 aromatic carbocycles. The number of aromatic nitrogens is 1. The molecule has 1 rings (SSSR count). The van der Waals surface area contributed by atoms with Crippen molar-refractivity contribution in [2.45, 2.75) is 25.9 Å². The van der Waals surface area contributed by atoms with E-state index in [9.17, 15) is 31.1 Å². The SMILES string of the molecule is CCOC(=O)Cc1cc(C(F)(F)F)c(OC(F)(F)F)nc1I. The normalized spacial score (nSPS) is 12.2. The highest BCUT2D eigenvalue weighted by atomic mass is 127. The van der Waals surface area contributed by atoms with Crippen LogP contribution in [0.3, 0.4) is 0 Å². The Labute approximate surface area is 133 Å². The van der Waals surface area contributed by atoms with Crippen LogP contribution in [0.25, 0.3) is 0 Å². The molecule has 0 aliphatic heterocycles. The van der Waals surface area contributed by atoms with Gasteiger partial charge in [0.1, 0.15) is 9.26 Å². The van der Waals surface area contributed by atoms with Crippen molar-refractivity contribution >= 4 is 28.6 Å². The summed E-state index contributed by atoms with van der Waals surface area (Å²) in [6.07, 6.45) is -11.0. The maximum atomic E-state index is 12.8. The average Bonchev–Trinajstić information content (AvgIpc) is 2.29. The van der Waals surface area contributed by atoms with Gasteiger partial charge in [0.2, 0.25) is 5.88 Å². The van der Waals surface area contributed by atoms with E-state index in [1.54, 1.807) is 0 Å². The van der Waals surface area contributed by atoms with E-state index < -0.39 is 36.4 Å². The van der Waals surface area contributed by atoms with Gasteiger partial charge in [-0.05, 0) is 41.1 Å². The van der Waals surface area contributed by atoms with Crippen molar-refractivity contribution in [3.05, 3.63) is 20.9 Å². The van der Waals surface area contributed by atoms with E-state index in [0.29, 0.717) is 6.07 Å². The summed E-state index contributed by atoms with van der Waals surface area (Å²) in [5, 5.41) is 0. The number of carbonyl (C=O) groups is 1. The molecule has 0 N–H and O–H groups in total. The zero-order valence-electron chi connectivity index (χ0n) is 10.8. The number of esters is 1. The van der Waals surface area contributed by atoms with E-state index in [1.807, 2.05) is 0 Å². The highest BCUT2D eigenvalue weighted by Crippen LogP contribution is 2.38. The van der Waals surface area contributed by atoms with E-state index in [4.69, 9.17) is 0 Å². The van der Waals surface area contributed by atoms with Crippen molar-refractivity contribution < 1.29 is 40.6 Å². The second-order valence-corrected chi connectivity index (χ2v) is 4.84. The van der Waals surface area contributed by atoms with E-state index in [1.165, 1.54) is 29.5 Å². The molecule has 0 saturated heterocycles. The molecule has 0 spiro atoms. The lowest BCUT2D eigenvalue weighted by Gasteiger charge is -2.16. The molecule has 0 bridgehead atoms. The van der Waals surface area contributed by atoms with Crippen molar-refractivity contribution in [3.8, 4) is 5.88 Å². The summed E-state index contributed by atoms with van der Waals surface area (Å²) >= 11 is 1.41. The lowest BCUT2D eigenvalue weighted by Crippen LogP contribution is -2.22. The van der Waals surface area contributed by atoms with E-state index in [2.05, 4.69) is 14.5 Å². The van der Waals surface area contributed by atoms with Crippen LogP contribution in [-0.4, -0.2) is 23.9 Å². The second-order valence-electron chi connectivity index (χ2n) is 3.82. The molecule has 0 fully saturated rings. The molecule has 0 radical (unpaired) electrons. The summed E-state index contributed by atoms with van der Waals surface area (Å²) in [5.74, 6) is -2.43. The number of pyridine rings is 1. The minimum atomic E-state index is -5.32. The Bertz CT molecular complexity index is 558. The molecule has 0 aliphatic rings. The number of halogens is 7. The number of ether oxygens (including phenoxy) is 2. The Morgan fingerprint density at radius 2 is 1.86 bits per heavy atom. The van der Waals surface area contributed by atoms with Gasteiger partial charge in [0.15, 0.2) is 0 Å². The number of rotatable bonds is 4. The molecule has 11 heteroatoms. The fourth-order valence-corrected chi connectivity index (χ4v) is 1.96. The smallest absolute Gasteiger partial charge is 0.466 e. The highest BCUT2D eigenvalue weighted by Gasteiger charge is 2.41. The van der Waals surface area contributed by atoms with E-state index >= 15 is 0 Å². The summed E-state index contributed by atoms with van der Waals surface area (Å²) in [7, 11) is 0. The first-order chi connectivity index (χ1) is 9.94. The van der Waals surface area contributed by atoms with Crippen LogP contribution in [0.15, 0.2) is 6.07 Å². The molecule has 124 valence electrons. The molecule has 1 heterocycles. The Morgan fingerprint density at radius 1 is 1.27 bits per heavy atom. The number of hydrogen-bond donors (Lipinski definition) is 0. The first-order valence-electron chi connectivity index (χ1n) is 5.62. The molecule has 0 atom stereocenters. The molecule has 0 unspecified atom stereocenters. The fraction of sp³-hybridized carbons (Fsp3) is 0.455. The first-order valence-corrected chi connectivity index (χ1v) is 6.70. The van der Waals surface area contributed by atoms with Gasteiger partial charge < -0.3 is 9.47 Å². The monoisotopic (exact) mass is 443 g/mol. The van der Waals surface area contributed by atoms with Gasteiger partial charge in [0.25, 0.3) is 0 Å². The first kappa shape index (κ1) is 18.8. The molecular weight excluding hydrogens is 435 g/mol. The molecule has 0 amide bonds. The molecule has 0 saturated carbocycles. The van der Waals surface area contributed by atoms with Crippen LogP contribution in [0, 0.1) is 3.70 Å². The van der Waals surface area contributed by atoms with Gasteiger partial charge in [0.05, 0.1) is 13.0 Å².